The molecule has 0 aliphatic heterocycles. The lowest BCUT2D eigenvalue weighted by Crippen LogP contribution is -2.20. The number of rotatable bonds is 6. The van der Waals surface area contributed by atoms with E-state index in [1.165, 1.54) is 0 Å². The van der Waals surface area contributed by atoms with Crippen molar-refractivity contribution >= 4 is 11.7 Å². The van der Waals surface area contributed by atoms with Crippen molar-refractivity contribution in [2.75, 3.05) is 19.0 Å². The number of carbonyl (C=O) groups excluding carboxylic acids is 1. The van der Waals surface area contributed by atoms with Gasteiger partial charge in [0.05, 0.1) is 7.11 Å². The molecule has 126 valence electrons. The molecule has 0 saturated carbocycles. The topological polar surface area (TPSA) is 60.5 Å². The first kappa shape index (κ1) is 16.5. The molecule has 0 unspecified atom stereocenters. The molecule has 0 spiro atoms. The highest BCUT2D eigenvalue weighted by Crippen LogP contribution is 2.25. The van der Waals surface area contributed by atoms with E-state index in [-0.39, 0.29) is 12.5 Å². The van der Waals surface area contributed by atoms with Gasteiger partial charge in [-0.2, -0.15) is 0 Å². The number of hydrogen-bond acceptors (Lipinski definition) is 4. The van der Waals surface area contributed by atoms with Gasteiger partial charge in [0.15, 0.2) is 18.1 Å². The van der Waals surface area contributed by atoms with Crippen molar-refractivity contribution < 1.29 is 14.3 Å². The maximum Gasteiger partial charge on any atom is 0.263 e. The summed E-state index contributed by atoms with van der Waals surface area (Å²) in [7, 11) is 1.56. The van der Waals surface area contributed by atoms with Gasteiger partial charge in [0, 0.05) is 11.8 Å². The van der Waals surface area contributed by atoms with Crippen LogP contribution in [-0.2, 0) is 4.79 Å². The van der Waals surface area contributed by atoms with Crippen molar-refractivity contribution in [3.05, 3.63) is 72.9 Å². The third kappa shape index (κ3) is 4.35. The number of ether oxygens (including phenoxy) is 2. The maximum absolute atomic E-state index is 12.0. The smallest absolute Gasteiger partial charge is 0.263 e. The summed E-state index contributed by atoms with van der Waals surface area (Å²) < 4.78 is 10.7. The minimum atomic E-state index is -0.286. The molecular formula is C20H18N2O3. The average Bonchev–Trinajstić information content (AvgIpc) is 2.68. The lowest BCUT2D eigenvalue weighted by Gasteiger charge is -2.10. The molecule has 5 heteroatoms. The molecule has 3 rings (SSSR count). The number of nitrogens with zero attached hydrogens (tertiary/aromatic N) is 1. The van der Waals surface area contributed by atoms with Crippen LogP contribution >= 0.6 is 0 Å². The van der Waals surface area contributed by atoms with E-state index in [0.717, 1.165) is 11.1 Å². The largest absolute Gasteiger partial charge is 0.493 e. The quantitative estimate of drug-likeness (QED) is 0.745. The monoisotopic (exact) mass is 334 g/mol. The Labute approximate surface area is 146 Å². The zero-order chi connectivity index (χ0) is 17.5. The molecular weight excluding hydrogens is 316 g/mol. The molecule has 0 fully saturated rings. The highest BCUT2D eigenvalue weighted by atomic mass is 16.5. The van der Waals surface area contributed by atoms with Crippen LogP contribution in [-0.4, -0.2) is 24.6 Å². The number of aromatic nitrogens is 1. The molecule has 5 nitrogen and oxygen atoms in total. The number of pyridine rings is 1. The third-order valence-electron chi connectivity index (χ3n) is 3.57. The van der Waals surface area contributed by atoms with Gasteiger partial charge in [-0.25, -0.2) is 4.98 Å². The molecule has 0 atom stereocenters. The Morgan fingerprint density at radius 1 is 0.920 bits per heavy atom. The first-order chi connectivity index (χ1) is 12.3. The first-order valence-corrected chi connectivity index (χ1v) is 7.83. The lowest BCUT2D eigenvalue weighted by atomic mass is 10.1. The summed E-state index contributed by atoms with van der Waals surface area (Å²) in [6, 6.07) is 20.8. The van der Waals surface area contributed by atoms with Gasteiger partial charge < -0.3 is 14.8 Å². The summed E-state index contributed by atoms with van der Waals surface area (Å²) in [6.07, 6.45) is 1.73. The van der Waals surface area contributed by atoms with Crippen LogP contribution in [0, 0.1) is 0 Å². The van der Waals surface area contributed by atoms with Crippen LogP contribution in [0.1, 0.15) is 0 Å². The molecule has 25 heavy (non-hydrogen) atoms. The van der Waals surface area contributed by atoms with Gasteiger partial charge in [-0.1, -0.05) is 42.5 Å². The number of methoxy groups -OCH3 is 1. The molecule has 1 amide bonds. The Balaban J connectivity index is 1.58. The summed E-state index contributed by atoms with van der Waals surface area (Å²) in [4.78, 5) is 16.3. The van der Waals surface area contributed by atoms with E-state index in [4.69, 9.17) is 9.47 Å². The minimum Gasteiger partial charge on any atom is -0.493 e. The zero-order valence-corrected chi connectivity index (χ0v) is 13.8. The Morgan fingerprint density at radius 2 is 1.64 bits per heavy atom. The molecule has 2 aromatic carbocycles. The first-order valence-electron chi connectivity index (χ1n) is 7.83. The number of benzene rings is 2. The number of anilines is 1. The molecule has 0 aliphatic carbocycles. The fourth-order valence-electron chi connectivity index (χ4n) is 2.33. The number of para-hydroxylation sites is 2. The van der Waals surface area contributed by atoms with Crippen molar-refractivity contribution in [3.63, 3.8) is 0 Å². The van der Waals surface area contributed by atoms with E-state index in [1.807, 2.05) is 48.5 Å². The molecule has 1 heterocycles. The van der Waals surface area contributed by atoms with E-state index in [2.05, 4.69) is 10.3 Å². The number of amides is 1. The average molecular weight is 334 g/mol. The van der Waals surface area contributed by atoms with Crippen LogP contribution in [0.3, 0.4) is 0 Å². The van der Waals surface area contributed by atoms with Crippen LogP contribution in [0.2, 0.25) is 0 Å². The van der Waals surface area contributed by atoms with Crippen LogP contribution in [0.5, 0.6) is 11.5 Å². The van der Waals surface area contributed by atoms with Crippen LogP contribution in [0.15, 0.2) is 72.9 Å². The Hall–Kier alpha value is -3.34. The van der Waals surface area contributed by atoms with E-state index in [1.54, 1.807) is 31.5 Å². The number of carbonyl (C=O) groups is 1. The van der Waals surface area contributed by atoms with Crippen molar-refractivity contribution in [2.24, 2.45) is 0 Å². The Morgan fingerprint density at radius 3 is 2.32 bits per heavy atom. The van der Waals surface area contributed by atoms with Crippen molar-refractivity contribution in [3.8, 4) is 22.6 Å². The molecule has 3 aromatic rings. The van der Waals surface area contributed by atoms with Crippen LogP contribution in [0.25, 0.3) is 11.1 Å². The predicted molar refractivity (Wildman–Crippen MR) is 96.8 cm³/mol. The number of nitrogens with one attached hydrogen (secondary N) is 1. The number of hydrogen-bond donors (Lipinski definition) is 1. The molecule has 0 bridgehead atoms. The normalized spacial score (nSPS) is 10.1. The van der Waals surface area contributed by atoms with Crippen molar-refractivity contribution in [1.29, 1.82) is 0 Å². The van der Waals surface area contributed by atoms with E-state index in [9.17, 15) is 4.79 Å². The molecule has 0 aliphatic rings. The fourth-order valence-corrected chi connectivity index (χ4v) is 2.33. The lowest BCUT2D eigenvalue weighted by molar-refractivity contribution is -0.118. The summed E-state index contributed by atoms with van der Waals surface area (Å²) in [5.41, 5.74) is 2.07. The second kappa shape index (κ2) is 7.97. The van der Waals surface area contributed by atoms with Gasteiger partial charge in [0.25, 0.3) is 5.91 Å². The second-order valence-corrected chi connectivity index (χ2v) is 5.29. The minimum absolute atomic E-state index is 0.123. The van der Waals surface area contributed by atoms with Gasteiger partial charge >= 0.3 is 0 Å². The van der Waals surface area contributed by atoms with Gasteiger partial charge in [-0.05, 0) is 29.8 Å². The van der Waals surface area contributed by atoms with Gasteiger partial charge in [0.1, 0.15) is 5.82 Å². The summed E-state index contributed by atoms with van der Waals surface area (Å²) in [6.45, 7) is -0.123. The molecule has 1 aromatic heterocycles. The van der Waals surface area contributed by atoms with Crippen LogP contribution in [0.4, 0.5) is 5.82 Å². The SMILES string of the molecule is COc1ccccc1OCC(=O)Nc1ccc(-c2ccccc2)cn1. The van der Waals surface area contributed by atoms with Crippen molar-refractivity contribution in [1.82, 2.24) is 4.98 Å². The molecule has 0 radical (unpaired) electrons. The van der Waals surface area contributed by atoms with Gasteiger partial charge in [-0.15, -0.1) is 0 Å². The zero-order valence-electron chi connectivity index (χ0n) is 13.8. The Kier molecular flexibility index (Phi) is 5.26. The standard InChI is InChI=1S/C20H18N2O3/c1-24-17-9-5-6-10-18(17)25-14-20(23)22-19-12-11-16(13-21-19)15-7-3-2-4-8-15/h2-13H,14H2,1H3,(H,21,22,23). The van der Waals surface area contributed by atoms with E-state index < -0.39 is 0 Å². The maximum atomic E-state index is 12.0. The van der Waals surface area contributed by atoms with E-state index in [0.29, 0.717) is 17.3 Å². The highest BCUT2D eigenvalue weighted by Gasteiger charge is 2.08. The van der Waals surface area contributed by atoms with Crippen LogP contribution < -0.4 is 14.8 Å². The van der Waals surface area contributed by atoms with Gasteiger partial charge in [0.2, 0.25) is 0 Å². The van der Waals surface area contributed by atoms with E-state index >= 15 is 0 Å². The molecule has 1 N–H and O–H groups in total. The predicted octanol–water partition coefficient (Wildman–Crippen LogP) is 3.77. The summed E-state index contributed by atoms with van der Waals surface area (Å²) in [5, 5.41) is 2.71. The molecule has 0 saturated heterocycles. The third-order valence-corrected chi connectivity index (χ3v) is 3.57. The Bertz CT molecular complexity index is 833. The summed E-state index contributed by atoms with van der Waals surface area (Å²) in [5.74, 6) is 1.30. The second-order valence-electron chi connectivity index (χ2n) is 5.29. The van der Waals surface area contributed by atoms with Crippen molar-refractivity contribution in [2.45, 2.75) is 0 Å². The fraction of sp³-hybridized carbons (Fsp3) is 0.100. The highest BCUT2D eigenvalue weighted by molar-refractivity contribution is 5.91. The van der Waals surface area contributed by atoms with Gasteiger partial charge in [-0.3, -0.25) is 4.79 Å². The summed E-state index contributed by atoms with van der Waals surface area (Å²) >= 11 is 0.